The van der Waals surface area contributed by atoms with Crippen LogP contribution in [0.25, 0.3) is 6.08 Å². The van der Waals surface area contributed by atoms with Gasteiger partial charge in [0.25, 0.3) is 0 Å². The zero-order chi connectivity index (χ0) is 8.81. The molecule has 0 fully saturated rings. The van der Waals surface area contributed by atoms with E-state index in [-0.39, 0.29) is 0 Å². The van der Waals surface area contributed by atoms with Crippen LogP contribution in [-0.2, 0) is 0 Å². The number of nitrogen functional groups attached to an aromatic ring is 1. The lowest BCUT2D eigenvalue weighted by atomic mass is 10.2. The van der Waals surface area contributed by atoms with Crippen molar-refractivity contribution in [3.05, 3.63) is 30.0 Å². The highest BCUT2D eigenvalue weighted by Crippen LogP contribution is 2.02. The van der Waals surface area contributed by atoms with E-state index in [2.05, 4.69) is 10.3 Å². The quantitative estimate of drug-likeness (QED) is 0.696. The zero-order valence-electron chi connectivity index (χ0n) is 7.12. The molecule has 0 atom stereocenters. The number of anilines is 1. The average molecular weight is 163 g/mol. The van der Waals surface area contributed by atoms with Crippen molar-refractivity contribution in [2.24, 2.45) is 0 Å². The van der Waals surface area contributed by atoms with Crippen LogP contribution in [0.4, 0.5) is 5.82 Å². The number of hydrogen-bond donors (Lipinski definition) is 2. The molecule has 0 saturated heterocycles. The summed E-state index contributed by atoms with van der Waals surface area (Å²) < 4.78 is 0. The molecular formula is C9H13N3. The topological polar surface area (TPSA) is 50.9 Å². The van der Waals surface area contributed by atoms with Crippen molar-refractivity contribution in [1.82, 2.24) is 10.3 Å². The Bertz CT molecular complexity index is 251. The Morgan fingerprint density at radius 1 is 1.58 bits per heavy atom. The van der Waals surface area contributed by atoms with E-state index in [0.717, 1.165) is 12.1 Å². The lowest BCUT2D eigenvalue weighted by molar-refractivity contribution is 0.922. The Balaban J connectivity index is 2.58. The summed E-state index contributed by atoms with van der Waals surface area (Å²) >= 11 is 0. The van der Waals surface area contributed by atoms with E-state index in [1.54, 1.807) is 12.3 Å². The van der Waals surface area contributed by atoms with Crippen LogP contribution in [0.2, 0.25) is 0 Å². The minimum Gasteiger partial charge on any atom is -0.384 e. The fourth-order valence-electron chi connectivity index (χ4n) is 0.828. The third-order valence-corrected chi connectivity index (χ3v) is 1.44. The van der Waals surface area contributed by atoms with Crippen molar-refractivity contribution in [1.29, 1.82) is 0 Å². The number of rotatable bonds is 3. The summed E-state index contributed by atoms with van der Waals surface area (Å²) in [6.07, 6.45) is 5.79. The van der Waals surface area contributed by atoms with Gasteiger partial charge in [0.05, 0.1) is 0 Å². The predicted octanol–water partition coefficient (Wildman–Crippen LogP) is 0.896. The van der Waals surface area contributed by atoms with E-state index < -0.39 is 0 Å². The van der Waals surface area contributed by atoms with Crippen LogP contribution in [0.5, 0.6) is 0 Å². The highest BCUT2D eigenvalue weighted by atomic mass is 14.8. The fourth-order valence-corrected chi connectivity index (χ4v) is 0.828. The van der Waals surface area contributed by atoms with Gasteiger partial charge in [-0.3, -0.25) is 0 Å². The summed E-state index contributed by atoms with van der Waals surface area (Å²) in [5.74, 6) is 0.556. The second kappa shape index (κ2) is 4.51. The largest absolute Gasteiger partial charge is 0.384 e. The molecule has 0 amide bonds. The van der Waals surface area contributed by atoms with Crippen LogP contribution in [0.3, 0.4) is 0 Å². The molecule has 0 spiro atoms. The molecule has 1 aromatic heterocycles. The maximum absolute atomic E-state index is 5.43. The van der Waals surface area contributed by atoms with E-state index in [0.29, 0.717) is 5.82 Å². The molecule has 1 heterocycles. The first kappa shape index (κ1) is 8.74. The van der Waals surface area contributed by atoms with Gasteiger partial charge in [-0.15, -0.1) is 0 Å². The third-order valence-electron chi connectivity index (χ3n) is 1.44. The molecule has 0 aliphatic carbocycles. The Labute approximate surface area is 72.3 Å². The molecule has 3 nitrogen and oxygen atoms in total. The maximum Gasteiger partial charge on any atom is 0.123 e. The highest BCUT2D eigenvalue weighted by molar-refractivity contribution is 5.49. The summed E-state index contributed by atoms with van der Waals surface area (Å²) in [4.78, 5) is 3.96. The van der Waals surface area contributed by atoms with Crippen molar-refractivity contribution >= 4 is 11.9 Å². The molecule has 1 rings (SSSR count). The van der Waals surface area contributed by atoms with Crippen LogP contribution in [0, 0.1) is 0 Å². The van der Waals surface area contributed by atoms with Crippen LogP contribution >= 0.6 is 0 Å². The smallest absolute Gasteiger partial charge is 0.123 e. The molecule has 3 heteroatoms. The molecule has 0 bridgehead atoms. The predicted molar refractivity (Wildman–Crippen MR) is 51.6 cm³/mol. The highest BCUT2D eigenvalue weighted by Gasteiger charge is 1.86. The van der Waals surface area contributed by atoms with Crippen molar-refractivity contribution < 1.29 is 0 Å². The van der Waals surface area contributed by atoms with Crippen molar-refractivity contribution in [2.45, 2.75) is 0 Å². The zero-order valence-corrected chi connectivity index (χ0v) is 7.12. The standard InChI is InChI=1S/C9H13N3/c1-11-6-2-3-8-4-5-9(10)12-7-8/h2-5,7,11H,6H2,1H3,(H2,10,12). The van der Waals surface area contributed by atoms with Crippen molar-refractivity contribution in [2.75, 3.05) is 19.3 Å². The molecule has 0 aliphatic heterocycles. The van der Waals surface area contributed by atoms with E-state index in [1.807, 2.05) is 25.3 Å². The van der Waals surface area contributed by atoms with Gasteiger partial charge in [0.15, 0.2) is 0 Å². The van der Waals surface area contributed by atoms with Crippen LogP contribution < -0.4 is 11.1 Å². The first-order valence-corrected chi connectivity index (χ1v) is 3.85. The van der Waals surface area contributed by atoms with Crippen LogP contribution in [0.15, 0.2) is 24.4 Å². The number of pyridine rings is 1. The summed E-state index contributed by atoms with van der Waals surface area (Å²) in [7, 11) is 1.91. The van der Waals surface area contributed by atoms with Gasteiger partial charge in [-0.25, -0.2) is 4.98 Å². The van der Waals surface area contributed by atoms with E-state index >= 15 is 0 Å². The lowest BCUT2D eigenvalue weighted by Gasteiger charge is -1.93. The molecule has 12 heavy (non-hydrogen) atoms. The van der Waals surface area contributed by atoms with Crippen molar-refractivity contribution in [3.63, 3.8) is 0 Å². The van der Waals surface area contributed by atoms with E-state index in [1.165, 1.54) is 0 Å². The number of aromatic nitrogens is 1. The Hall–Kier alpha value is -1.35. The summed E-state index contributed by atoms with van der Waals surface area (Å²) in [6, 6.07) is 3.73. The minimum absolute atomic E-state index is 0.556. The molecular weight excluding hydrogens is 150 g/mol. The van der Waals surface area contributed by atoms with Gasteiger partial charge in [-0.05, 0) is 24.7 Å². The van der Waals surface area contributed by atoms with Gasteiger partial charge in [0.1, 0.15) is 5.82 Å². The van der Waals surface area contributed by atoms with E-state index in [4.69, 9.17) is 5.73 Å². The van der Waals surface area contributed by atoms with Gasteiger partial charge in [0.2, 0.25) is 0 Å². The molecule has 1 aromatic rings. The molecule has 0 aliphatic rings. The number of nitrogens with zero attached hydrogens (tertiary/aromatic N) is 1. The molecule has 0 radical (unpaired) electrons. The normalized spacial score (nSPS) is 10.8. The number of likely N-dealkylation sites (N-methyl/N-ethyl adjacent to an activating group) is 1. The summed E-state index contributed by atoms with van der Waals surface area (Å²) in [5.41, 5.74) is 6.50. The number of hydrogen-bond acceptors (Lipinski definition) is 3. The minimum atomic E-state index is 0.556. The Kier molecular flexibility index (Phi) is 3.29. The third kappa shape index (κ3) is 2.72. The van der Waals surface area contributed by atoms with Crippen LogP contribution in [0.1, 0.15) is 5.56 Å². The number of nitrogens with one attached hydrogen (secondary N) is 1. The SMILES string of the molecule is CNCC=Cc1ccc(N)nc1. The first-order valence-electron chi connectivity index (χ1n) is 3.85. The van der Waals surface area contributed by atoms with E-state index in [9.17, 15) is 0 Å². The van der Waals surface area contributed by atoms with Gasteiger partial charge in [-0.2, -0.15) is 0 Å². The number of nitrogens with two attached hydrogens (primary N) is 1. The Morgan fingerprint density at radius 3 is 3.00 bits per heavy atom. The first-order chi connectivity index (χ1) is 5.83. The monoisotopic (exact) mass is 163 g/mol. The molecule has 0 saturated carbocycles. The van der Waals surface area contributed by atoms with Gasteiger partial charge in [0, 0.05) is 12.7 Å². The summed E-state index contributed by atoms with van der Waals surface area (Å²) in [6.45, 7) is 0.865. The second-order valence-electron chi connectivity index (χ2n) is 2.48. The maximum atomic E-state index is 5.43. The van der Waals surface area contributed by atoms with Gasteiger partial charge >= 0.3 is 0 Å². The fraction of sp³-hybridized carbons (Fsp3) is 0.222. The average Bonchev–Trinajstić information content (AvgIpc) is 2.09. The van der Waals surface area contributed by atoms with Gasteiger partial charge < -0.3 is 11.1 Å². The second-order valence-corrected chi connectivity index (χ2v) is 2.48. The Morgan fingerprint density at radius 2 is 2.42 bits per heavy atom. The molecule has 0 aromatic carbocycles. The lowest BCUT2D eigenvalue weighted by Crippen LogP contribution is -2.03. The molecule has 0 unspecified atom stereocenters. The summed E-state index contributed by atoms with van der Waals surface area (Å²) in [5, 5.41) is 3.02. The van der Waals surface area contributed by atoms with Crippen LogP contribution in [-0.4, -0.2) is 18.6 Å². The van der Waals surface area contributed by atoms with Gasteiger partial charge in [-0.1, -0.05) is 12.2 Å². The molecule has 3 N–H and O–H groups in total. The van der Waals surface area contributed by atoms with Crippen molar-refractivity contribution in [3.8, 4) is 0 Å². The molecule has 64 valence electrons.